The number of benzene rings is 1. The molecule has 3 heteroatoms. The van der Waals surface area contributed by atoms with Crippen LogP contribution in [0.5, 0.6) is 0 Å². The number of fused-ring (bicyclic) bond motifs is 1. The molecule has 0 fully saturated rings. The average Bonchev–Trinajstić information content (AvgIpc) is 2.82. The highest BCUT2D eigenvalue weighted by molar-refractivity contribution is 5.66. The summed E-state index contributed by atoms with van der Waals surface area (Å²) in [5.74, 6) is 0. The highest BCUT2D eigenvalue weighted by atomic mass is 15.0. The molecule has 90 valence electrons. The maximum absolute atomic E-state index is 5.75. The first-order valence-corrected chi connectivity index (χ1v) is 6.02. The molecule has 3 nitrogen and oxygen atoms in total. The number of hydrogen-bond acceptors (Lipinski definition) is 2. The summed E-state index contributed by atoms with van der Waals surface area (Å²) in [7, 11) is 0. The van der Waals surface area contributed by atoms with Crippen LogP contribution < -0.4 is 5.73 Å². The van der Waals surface area contributed by atoms with E-state index in [0.717, 1.165) is 17.0 Å². The number of nitrogens with zero attached hydrogens (tertiary/aromatic N) is 2. The molecule has 0 saturated heterocycles. The zero-order valence-electron chi connectivity index (χ0n) is 10.3. The third kappa shape index (κ3) is 1.69. The number of imidazole rings is 1. The van der Waals surface area contributed by atoms with Crippen molar-refractivity contribution in [2.45, 2.75) is 13.5 Å². The van der Waals surface area contributed by atoms with Crippen LogP contribution in [0.4, 0.5) is 0 Å². The van der Waals surface area contributed by atoms with Gasteiger partial charge in [-0.25, -0.2) is 4.98 Å². The minimum Gasteiger partial charge on any atom is -0.325 e. The molecule has 1 aromatic carbocycles. The maximum Gasteiger partial charge on any atom is 0.137 e. The van der Waals surface area contributed by atoms with Crippen LogP contribution in [-0.4, -0.2) is 9.38 Å². The number of hydrogen-bond donors (Lipinski definition) is 1. The standard InChI is InChI=1S/C15H15N3/c1-11-5-2-3-7-13(11)14-10-18-12(9-16)6-4-8-15(18)17-14/h2-8,10H,9,16H2,1H3. The summed E-state index contributed by atoms with van der Waals surface area (Å²) in [4.78, 5) is 4.66. The van der Waals surface area contributed by atoms with Crippen molar-refractivity contribution >= 4 is 5.65 Å². The lowest BCUT2D eigenvalue weighted by Crippen LogP contribution is -2.02. The fourth-order valence-corrected chi connectivity index (χ4v) is 2.22. The second kappa shape index (κ2) is 4.27. The molecule has 18 heavy (non-hydrogen) atoms. The van der Waals surface area contributed by atoms with Gasteiger partial charge in [0, 0.05) is 24.0 Å². The molecule has 0 unspecified atom stereocenters. The first-order chi connectivity index (χ1) is 8.79. The molecule has 3 aromatic rings. The van der Waals surface area contributed by atoms with Gasteiger partial charge in [-0.05, 0) is 24.6 Å². The zero-order chi connectivity index (χ0) is 12.5. The van der Waals surface area contributed by atoms with Crippen LogP contribution in [0.1, 0.15) is 11.3 Å². The molecule has 0 bridgehead atoms. The SMILES string of the molecule is Cc1ccccc1-c1cn2c(CN)cccc2n1. The Kier molecular flexibility index (Phi) is 2.61. The van der Waals surface area contributed by atoms with E-state index in [0.29, 0.717) is 6.54 Å². The molecule has 0 amide bonds. The Bertz CT molecular complexity index is 698. The third-order valence-electron chi connectivity index (χ3n) is 3.21. The molecule has 2 heterocycles. The quantitative estimate of drug-likeness (QED) is 0.744. The summed E-state index contributed by atoms with van der Waals surface area (Å²) in [6, 6.07) is 14.3. The first kappa shape index (κ1) is 11.0. The van der Waals surface area contributed by atoms with E-state index in [1.807, 2.05) is 30.3 Å². The van der Waals surface area contributed by atoms with Crippen molar-refractivity contribution in [3.63, 3.8) is 0 Å². The van der Waals surface area contributed by atoms with Crippen molar-refractivity contribution in [3.05, 3.63) is 59.9 Å². The summed E-state index contributed by atoms with van der Waals surface area (Å²) >= 11 is 0. The highest BCUT2D eigenvalue weighted by Crippen LogP contribution is 2.23. The monoisotopic (exact) mass is 237 g/mol. The topological polar surface area (TPSA) is 43.3 Å². The van der Waals surface area contributed by atoms with Crippen LogP contribution in [-0.2, 0) is 6.54 Å². The molecular formula is C15H15N3. The van der Waals surface area contributed by atoms with Crippen LogP contribution in [0.15, 0.2) is 48.7 Å². The van der Waals surface area contributed by atoms with Crippen LogP contribution in [0.3, 0.4) is 0 Å². The number of pyridine rings is 1. The van der Waals surface area contributed by atoms with E-state index >= 15 is 0 Å². The fourth-order valence-electron chi connectivity index (χ4n) is 2.22. The van der Waals surface area contributed by atoms with Gasteiger partial charge in [0.2, 0.25) is 0 Å². The van der Waals surface area contributed by atoms with Crippen LogP contribution >= 0.6 is 0 Å². The second-order valence-corrected chi connectivity index (χ2v) is 4.39. The smallest absolute Gasteiger partial charge is 0.137 e. The van der Waals surface area contributed by atoms with Crippen molar-refractivity contribution in [2.24, 2.45) is 5.73 Å². The molecule has 0 aliphatic heterocycles. The van der Waals surface area contributed by atoms with Gasteiger partial charge in [0.1, 0.15) is 5.65 Å². The molecule has 0 spiro atoms. The lowest BCUT2D eigenvalue weighted by atomic mass is 10.1. The molecule has 0 aliphatic rings. The number of rotatable bonds is 2. The van der Waals surface area contributed by atoms with E-state index in [1.165, 1.54) is 11.1 Å². The van der Waals surface area contributed by atoms with Gasteiger partial charge in [0.25, 0.3) is 0 Å². The minimum atomic E-state index is 0.515. The Morgan fingerprint density at radius 1 is 1.11 bits per heavy atom. The molecule has 2 aromatic heterocycles. The average molecular weight is 237 g/mol. The van der Waals surface area contributed by atoms with Crippen LogP contribution in [0.2, 0.25) is 0 Å². The lowest BCUT2D eigenvalue weighted by Gasteiger charge is -2.01. The number of nitrogens with two attached hydrogens (primary N) is 1. The first-order valence-electron chi connectivity index (χ1n) is 6.02. The van der Waals surface area contributed by atoms with Crippen molar-refractivity contribution in [2.75, 3.05) is 0 Å². The van der Waals surface area contributed by atoms with Gasteiger partial charge in [-0.3, -0.25) is 0 Å². The van der Waals surface area contributed by atoms with E-state index < -0.39 is 0 Å². The summed E-state index contributed by atoms with van der Waals surface area (Å²) in [5, 5.41) is 0. The van der Waals surface area contributed by atoms with Crippen molar-refractivity contribution < 1.29 is 0 Å². The van der Waals surface area contributed by atoms with Crippen LogP contribution in [0, 0.1) is 6.92 Å². The Hall–Kier alpha value is -2.13. The van der Waals surface area contributed by atoms with Gasteiger partial charge < -0.3 is 10.1 Å². The Balaban J connectivity index is 2.23. The summed E-state index contributed by atoms with van der Waals surface area (Å²) in [6.45, 7) is 2.62. The zero-order valence-corrected chi connectivity index (χ0v) is 10.3. The molecule has 3 rings (SSSR count). The lowest BCUT2D eigenvalue weighted by molar-refractivity contribution is 0.946. The summed E-state index contributed by atoms with van der Waals surface area (Å²) < 4.78 is 2.06. The van der Waals surface area contributed by atoms with E-state index in [9.17, 15) is 0 Å². The normalized spacial score (nSPS) is 11.0. The molecule has 2 N–H and O–H groups in total. The molecule has 0 atom stereocenters. The Morgan fingerprint density at radius 2 is 1.94 bits per heavy atom. The van der Waals surface area contributed by atoms with Crippen molar-refractivity contribution in [1.29, 1.82) is 0 Å². The fraction of sp³-hybridized carbons (Fsp3) is 0.133. The van der Waals surface area contributed by atoms with E-state index in [1.54, 1.807) is 0 Å². The number of aryl methyl sites for hydroxylation is 1. The second-order valence-electron chi connectivity index (χ2n) is 4.39. The largest absolute Gasteiger partial charge is 0.325 e. The molecular weight excluding hydrogens is 222 g/mol. The molecule has 0 aliphatic carbocycles. The summed E-state index contributed by atoms with van der Waals surface area (Å²) in [5.41, 5.74) is 11.2. The van der Waals surface area contributed by atoms with Gasteiger partial charge in [0.15, 0.2) is 0 Å². The van der Waals surface area contributed by atoms with Crippen molar-refractivity contribution in [3.8, 4) is 11.3 Å². The minimum absolute atomic E-state index is 0.515. The summed E-state index contributed by atoms with van der Waals surface area (Å²) in [6.07, 6.45) is 2.06. The third-order valence-corrected chi connectivity index (χ3v) is 3.21. The highest BCUT2D eigenvalue weighted by Gasteiger charge is 2.07. The van der Waals surface area contributed by atoms with E-state index in [4.69, 9.17) is 5.73 Å². The maximum atomic E-state index is 5.75. The molecule has 0 saturated carbocycles. The van der Waals surface area contributed by atoms with Gasteiger partial charge >= 0.3 is 0 Å². The predicted molar refractivity (Wildman–Crippen MR) is 73.3 cm³/mol. The predicted octanol–water partition coefficient (Wildman–Crippen LogP) is 2.77. The number of aromatic nitrogens is 2. The van der Waals surface area contributed by atoms with E-state index in [2.05, 4.69) is 34.6 Å². The van der Waals surface area contributed by atoms with Crippen LogP contribution in [0.25, 0.3) is 16.9 Å². The van der Waals surface area contributed by atoms with Gasteiger partial charge in [-0.1, -0.05) is 30.3 Å². The Morgan fingerprint density at radius 3 is 2.72 bits per heavy atom. The van der Waals surface area contributed by atoms with E-state index in [-0.39, 0.29) is 0 Å². The van der Waals surface area contributed by atoms with Crippen molar-refractivity contribution in [1.82, 2.24) is 9.38 Å². The Labute approximate surface area is 106 Å². The van der Waals surface area contributed by atoms with Gasteiger partial charge in [0.05, 0.1) is 5.69 Å². The van der Waals surface area contributed by atoms with Gasteiger partial charge in [-0.2, -0.15) is 0 Å². The molecule has 0 radical (unpaired) electrons. The van der Waals surface area contributed by atoms with Gasteiger partial charge in [-0.15, -0.1) is 0 Å².